The first-order chi connectivity index (χ1) is 8.70. The molecule has 5 nitrogen and oxygen atoms in total. The van der Waals surface area contributed by atoms with E-state index in [4.69, 9.17) is 10.5 Å². The predicted molar refractivity (Wildman–Crippen MR) is 71.7 cm³/mol. The van der Waals surface area contributed by atoms with E-state index >= 15 is 0 Å². The number of rotatable bonds is 6. The summed E-state index contributed by atoms with van der Waals surface area (Å²) in [5.41, 5.74) is 7.71. The first-order valence-corrected chi connectivity index (χ1v) is 6.14. The lowest BCUT2D eigenvalue weighted by molar-refractivity contribution is 0.0952. The van der Waals surface area contributed by atoms with Gasteiger partial charge < -0.3 is 21.1 Å². The number of nitrogens with one attached hydrogen (secondary N) is 2. The number of methoxy groups -OCH3 is 1. The van der Waals surface area contributed by atoms with E-state index in [1.807, 2.05) is 6.07 Å². The van der Waals surface area contributed by atoms with Crippen LogP contribution in [0.4, 0.5) is 11.4 Å². The Bertz CT molecular complexity index is 430. The van der Waals surface area contributed by atoms with Gasteiger partial charge in [-0.1, -0.05) is 0 Å². The number of benzene rings is 1. The maximum absolute atomic E-state index is 12.1. The van der Waals surface area contributed by atoms with E-state index in [9.17, 15) is 4.79 Å². The lowest BCUT2D eigenvalue weighted by Crippen LogP contribution is -2.26. The smallest absolute Gasteiger partial charge is 0.253 e. The van der Waals surface area contributed by atoms with Crippen molar-refractivity contribution >= 4 is 17.3 Å². The first kappa shape index (κ1) is 12.7. The molecule has 1 aliphatic carbocycles. The Kier molecular flexibility index (Phi) is 4.04. The lowest BCUT2D eigenvalue weighted by Gasteiger charge is -2.12. The van der Waals surface area contributed by atoms with Crippen LogP contribution < -0.4 is 16.4 Å². The Hall–Kier alpha value is -1.75. The van der Waals surface area contributed by atoms with E-state index in [1.54, 1.807) is 19.2 Å². The molecule has 1 saturated carbocycles. The van der Waals surface area contributed by atoms with Crippen LogP contribution in [0.1, 0.15) is 23.2 Å². The van der Waals surface area contributed by atoms with Crippen LogP contribution in [0.25, 0.3) is 0 Å². The molecular weight excluding hydrogens is 230 g/mol. The minimum atomic E-state index is -0.0651. The molecule has 1 fully saturated rings. The van der Waals surface area contributed by atoms with Crippen molar-refractivity contribution in [3.05, 3.63) is 23.8 Å². The minimum absolute atomic E-state index is 0.0651. The molecule has 1 aliphatic rings. The molecule has 1 aromatic carbocycles. The van der Waals surface area contributed by atoms with Crippen molar-refractivity contribution in [1.29, 1.82) is 0 Å². The third-order valence-corrected chi connectivity index (χ3v) is 2.82. The summed E-state index contributed by atoms with van der Waals surface area (Å²) in [5, 5.41) is 6.14. The predicted octanol–water partition coefficient (Wildman–Crippen LogP) is 1.22. The molecule has 4 N–H and O–H groups in total. The maximum Gasteiger partial charge on any atom is 0.253 e. The molecule has 0 aromatic heterocycles. The number of ether oxygens (including phenoxy) is 1. The van der Waals surface area contributed by atoms with E-state index in [-0.39, 0.29) is 5.91 Å². The number of hydrogen-bond donors (Lipinski definition) is 3. The van der Waals surface area contributed by atoms with Crippen LogP contribution in [0.5, 0.6) is 0 Å². The summed E-state index contributed by atoms with van der Waals surface area (Å²) in [5.74, 6) is -0.0651. The second-order valence-electron chi connectivity index (χ2n) is 4.47. The van der Waals surface area contributed by atoms with Crippen molar-refractivity contribution in [2.24, 2.45) is 0 Å². The van der Waals surface area contributed by atoms with E-state index in [0.717, 1.165) is 18.5 Å². The Balaban J connectivity index is 2.08. The largest absolute Gasteiger partial charge is 0.399 e. The molecular formula is C13H19N3O2. The van der Waals surface area contributed by atoms with Gasteiger partial charge in [-0.25, -0.2) is 0 Å². The summed E-state index contributed by atoms with van der Waals surface area (Å²) in [6.45, 7) is 1.25. The van der Waals surface area contributed by atoms with Gasteiger partial charge in [0, 0.05) is 31.1 Å². The zero-order valence-corrected chi connectivity index (χ0v) is 10.5. The van der Waals surface area contributed by atoms with Gasteiger partial charge in [-0.15, -0.1) is 0 Å². The number of carbonyl (C=O) groups excluding carboxylic acids is 1. The van der Waals surface area contributed by atoms with E-state index in [2.05, 4.69) is 10.6 Å². The molecule has 0 bridgehead atoms. The van der Waals surface area contributed by atoms with Gasteiger partial charge in [-0.2, -0.15) is 0 Å². The maximum atomic E-state index is 12.1. The van der Waals surface area contributed by atoms with Gasteiger partial charge in [-0.05, 0) is 31.0 Å². The number of carbonyl (C=O) groups is 1. The molecule has 18 heavy (non-hydrogen) atoms. The summed E-state index contributed by atoms with van der Waals surface area (Å²) in [4.78, 5) is 12.1. The topological polar surface area (TPSA) is 76.4 Å². The van der Waals surface area contributed by atoms with Crippen LogP contribution in [-0.2, 0) is 4.74 Å². The highest BCUT2D eigenvalue weighted by atomic mass is 16.5. The van der Waals surface area contributed by atoms with Crippen LogP contribution in [0.3, 0.4) is 0 Å². The second-order valence-corrected chi connectivity index (χ2v) is 4.47. The molecule has 0 spiro atoms. The zero-order valence-electron chi connectivity index (χ0n) is 10.5. The molecule has 98 valence electrons. The number of hydrogen-bond acceptors (Lipinski definition) is 4. The Morgan fingerprint density at radius 2 is 2.28 bits per heavy atom. The number of nitrogen functional groups attached to an aromatic ring is 1. The van der Waals surface area contributed by atoms with Crippen molar-refractivity contribution in [3.63, 3.8) is 0 Å². The third kappa shape index (κ3) is 3.37. The van der Waals surface area contributed by atoms with Crippen LogP contribution in [0.2, 0.25) is 0 Å². The highest BCUT2D eigenvalue weighted by molar-refractivity contribution is 6.00. The average molecular weight is 249 g/mol. The SMILES string of the molecule is COCCNc1ccc(N)cc1C(=O)NC1CC1. The highest BCUT2D eigenvalue weighted by Gasteiger charge is 2.24. The summed E-state index contributed by atoms with van der Waals surface area (Å²) in [6.07, 6.45) is 2.14. The molecule has 2 rings (SSSR count). The molecule has 0 radical (unpaired) electrons. The second kappa shape index (κ2) is 5.73. The monoisotopic (exact) mass is 249 g/mol. The van der Waals surface area contributed by atoms with Gasteiger partial charge in [0.2, 0.25) is 0 Å². The summed E-state index contributed by atoms with van der Waals surface area (Å²) in [6, 6.07) is 5.65. The number of anilines is 2. The van der Waals surface area contributed by atoms with Gasteiger partial charge in [0.25, 0.3) is 5.91 Å². The molecule has 0 unspecified atom stereocenters. The number of nitrogens with two attached hydrogens (primary N) is 1. The van der Waals surface area contributed by atoms with Gasteiger partial charge >= 0.3 is 0 Å². The van der Waals surface area contributed by atoms with Gasteiger partial charge in [0.05, 0.1) is 12.2 Å². The Morgan fingerprint density at radius 3 is 2.94 bits per heavy atom. The van der Waals surface area contributed by atoms with Crippen molar-refractivity contribution in [1.82, 2.24) is 5.32 Å². The van der Waals surface area contributed by atoms with E-state index in [1.165, 1.54) is 0 Å². The van der Waals surface area contributed by atoms with Crippen LogP contribution in [-0.4, -0.2) is 32.2 Å². The molecule has 5 heteroatoms. The van der Waals surface area contributed by atoms with Crippen LogP contribution in [0, 0.1) is 0 Å². The molecule has 0 heterocycles. The summed E-state index contributed by atoms with van der Waals surface area (Å²) >= 11 is 0. The van der Waals surface area contributed by atoms with Crippen molar-refractivity contribution in [2.75, 3.05) is 31.3 Å². The number of amides is 1. The lowest BCUT2D eigenvalue weighted by atomic mass is 10.1. The zero-order chi connectivity index (χ0) is 13.0. The fraction of sp³-hybridized carbons (Fsp3) is 0.462. The average Bonchev–Trinajstić information content (AvgIpc) is 3.15. The molecule has 0 saturated heterocycles. The van der Waals surface area contributed by atoms with Crippen LogP contribution >= 0.6 is 0 Å². The minimum Gasteiger partial charge on any atom is -0.399 e. The standard InChI is InChI=1S/C13H19N3O2/c1-18-7-6-15-12-5-2-9(14)8-11(12)13(17)16-10-3-4-10/h2,5,8,10,15H,3-4,6-7,14H2,1H3,(H,16,17). The molecule has 1 amide bonds. The summed E-state index contributed by atoms with van der Waals surface area (Å²) in [7, 11) is 1.64. The van der Waals surface area contributed by atoms with Crippen molar-refractivity contribution in [2.45, 2.75) is 18.9 Å². The Labute approximate surface area is 107 Å². The van der Waals surface area contributed by atoms with Crippen molar-refractivity contribution < 1.29 is 9.53 Å². The van der Waals surface area contributed by atoms with Gasteiger partial charge in [0.1, 0.15) is 0 Å². The van der Waals surface area contributed by atoms with E-state index in [0.29, 0.717) is 30.4 Å². The van der Waals surface area contributed by atoms with Crippen LogP contribution in [0.15, 0.2) is 18.2 Å². The quantitative estimate of drug-likeness (QED) is 0.523. The highest BCUT2D eigenvalue weighted by Crippen LogP contribution is 2.23. The molecule has 0 aliphatic heterocycles. The van der Waals surface area contributed by atoms with Gasteiger partial charge in [0.15, 0.2) is 0 Å². The Morgan fingerprint density at radius 1 is 1.50 bits per heavy atom. The first-order valence-electron chi connectivity index (χ1n) is 6.14. The molecule has 0 atom stereocenters. The third-order valence-electron chi connectivity index (χ3n) is 2.82. The summed E-state index contributed by atoms with van der Waals surface area (Å²) < 4.78 is 4.97. The van der Waals surface area contributed by atoms with Gasteiger partial charge in [-0.3, -0.25) is 4.79 Å². The van der Waals surface area contributed by atoms with E-state index < -0.39 is 0 Å². The normalized spacial score (nSPS) is 14.3. The fourth-order valence-electron chi connectivity index (χ4n) is 1.68. The molecule has 1 aromatic rings. The van der Waals surface area contributed by atoms with Crippen molar-refractivity contribution in [3.8, 4) is 0 Å². The fourth-order valence-corrected chi connectivity index (χ4v) is 1.68.